The van der Waals surface area contributed by atoms with Gasteiger partial charge in [0.15, 0.2) is 0 Å². The van der Waals surface area contributed by atoms with E-state index in [-0.39, 0.29) is 11.6 Å². The summed E-state index contributed by atoms with van der Waals surface area (Å²) in [6, 6.07) is 8.35. The van der Waals surface area contributed by atoms with E-state index in [4.69, 9.17) is 10.5 Å². The van der Waals surface area contributed by atoms with Crippen LogP contribution < -0.4 is 10.5 Å². The van der Waals surface area contributed by atoms with Crippen molar-refractivity contribution >= 4 is 0 Å². The van der Waals surface area contributed by atoms with E-state index in [1.807, 2.05) is 6.07 Å². The van der Waals surface area contributed by atoms with Crippen LogP contribution >= 0.6 is 0 Å². The van der Waals surface area contributed by atoms with E-state index in [9.17, 15) is 0 Å². The second kappa shape index (κ2) is 6.83. The Hall–Kier alpha value is -1.02. The molecular weight excluding hydrogens is 258 g/mol. The maximum atomic E-state index is 6.84. The Bertz CT molecular complexity index is 455. The maximum absolute atomic E-state index is 6.84. The van der Waals surface area contributed by atoms with Crippen molar-refractivity contribution in [2.45, 2.75) is 71.4 Å². The normalized spacial score (nSPS) is 26.3. The second-order valence-corrected chi connectivity index (χ2v) is 7.41. The highest BCUT2D eigenvalue weighted by Gasteiger charge is 2.36. The Morgan fingerprint density at radius 1 is 1.24 bits per heavy atom. The molecule has 0 bridgehead atoms. The number of para-hydroxylation sites is 1. The lowest BCUT2D eigenvalue weighted by Crippen LogP contribution is -2.42. The SMILES string of the molecule is CC(C)CC1CCCC(N)(c2ccccc2OC(C)C)C1. The molecule has 0 saturated heterocycles. The molecule has 0 spiro atoms. The van der Waals surface area contributed by atoms with E-state index in [0.29, 0.717) is 0 Å². The van der Waals surface area contributed by atoms with E-state index in [1.165, 1.54) is 24.8 Å². The Kier molecular flexibility index (Phi) is 5.32. The Labute approximate surface area is 130 Å². The minimum Gasteiger partial charge on any atom is -0.491 e. The van der Waals surface area contributed by atoms with E-state index in [0.717, 1.165) is 30.4 Å². The summed E-state index contributed by atoms with van der Waals surface area (Å²) in [4.78, 5) is 0. The van der Waals surface area contributed by atoms with Crippen LogP contribution in [0, 0.1) is 11.8 Å². The molecular formula is C19H31NO. The largest absolute Gasteiger partial charge is 0.491 e. The van der Waals surface area contributed by atoms with Gasteiger partial charge in [0.05, 0.1) is 6.10 Å². The molecule has 0 aromatic heterocycles. The lowest BCUT2D eigenvalue weighted by atomic mass is 9.70. The van der Waals surface area contributed by atoms with Gasteiger partial charge in [-0.1, -0.05) is 44.9 Å². The fourth-order valence-electron chi connectivity index (χ4n) is 3.77. The van der Waals surface area contributed by atoms with Crippen LogP contribution in [0.25, 0.3) is 0 Å². The first kappa shape index (κ1) is 16.4. The van der Waals surface area contributed by atoms with Gasteiger partial charge < -0.3 is 10.5 Å². The van der Waals surface area contributed by atoms with E-state index in [1.54, 1.807) is 0 Å². The molecule has 21 heavy (non-hydrogen) atoms. The highest BCUT2D eigenvalue weighted by Crippen LogP contribution is 2.43. The smallest absolute Gasteiger partial charge is 0.124 e. The zero-order valence-electron chi connectivity index (χ0n) is 14.1. The fourth-order valence-corrected chi connectivity index (χ4v) is 3.77. The maximum Gasteiger partial charge on any atom is 0.124 e. The van der Waals surface area contributed by atoms with Crippen LogP contribution in [-0.2, 0) is 5.54 Å². The highest BCUT2D eigenvalue weighted by molar-refractivity contribution is 5.39. The van der Waals surface area contributed by atoms with Gasteiger partial charge in [-0.2, -0.15) is 0 Å². The summed E-state index contributed by atoms with van der Waals surface area (Å²) >= 11 is 0. The molecule has 2 nitrogen and oxygen atoms in total. The standard InChI is InChI=1S/C19H31NO/c1-14(2)12-16-8-7-11-19(20,13-16)17-9-5-6-10-18(17)21-15(3)4/h5-6,9-10,14-16H,7-8,11-13,20H2,1-4H3. The average Bonchev–Trinajstić information content (AvgIpc) is 2.37. The zero-order chi connectivity index (χ0) is 15.5. The van der Waals surface area contributed by atoms with Crippen molar-refractivity contribution in [1.29, 1.82) is 0 Å². The van der Waals surface area contributed by atoms with Gasteiger partial charge in [-0.25, -0.2) is 0 Å². The van der Waals surface area contributed by atoms with Gasteiger partial charge in [0.2, 0.25) is 0 Å². The summed E-state index contributed by atoms with van der Waals surface area (Å²) < 4.78 is 6.00. The quantitative estimate of drug-likeness (QED) is 0.839. The molecule has 1 saturated carbocycles. The molecule has 0 heterocycles. The molecule has 2 rings (SSSR count). The molecule has 2 unspecified atom stereocenters. The first-order valence-corrected chi connectivity index (χ1v) is 8.46. The Morgan fingerprint density at radius 3 is 2.62 bits per heavy atom. The van der Waals surface area contributed by atoms with E-state index < -0.39 is 0 Å². The van der Waals surface area contributed by atoms with Crippen molar-refractivity contribution in [2.75, 3.05) is 0 Å². The summed E-state index contributed by atoms with van der Waals surface area (Å²) in [5.41, 5.74) is 7.83. The molecule has 0 aliphatic heterocycles. The van der Waals surface area contributed by atoms with Crippen LogP contribution in [0.15, 0.2) is 24.3 Å². The summed E-state index contributed by atoms with van der Waals surface area (Å²) in [5.74, 6) is 2.47. The predicted molar refractivity (Wildman–Crippen MR) is 89.5 cm³/mol. The molecule has 2 N–H and O–H groups in total. The predicted octanol–water partition coefficient (Wildman–Crippen LogP) is 4.86. The molecule has 2 heteroatoms. The lowest BCUT2D eigenvalue weighted by molar-refractivity contribution is 0.187. The monoisotopic (exact) mass is 289 g/mol. The van der Waals surface area contributed by atoms with Gasteiger partial charge in [-0.05, 0) is 51.0 Å². The van der Waals surface area contributed by atoms with Crippen LogP contribution in [0.5, 0.6) is 5.75 Å². The van der Waals surface area contributed by atoms with Gasteiger partial charge >= 0.3 is 0 Å². The number of nitrogens with two attached hydrogens (primary N) is 1. The van der Waals surface area contributed by atoms with Gasteiger partial charge in [0.25, 0.3) is 0 Å². The number of benzene rings is 1. The fraction of sp³-hybridized carbons (Fsp3) is 0.684. The number of hydrogen-bond acceptors (Lipinski definition) is 2. The van der Waals surface area contributed by atoms with Crippen LogP contribution in [0.4, 0.5) is 0 Å². The first-order chi connectivity index (χ1) is 9.90. The minimum atomic E-state index is -0.219. The Morgan fingerprint density at radius 2 is 1.95 bits per heavy atom. The van der Waals surface area contributed by atoms with Crippen LogP contribution in [0.2, 0.25) is 0 Å². The van der Waals surface area contributed by atoms with Gasteiger partial charge in [-0.3, -0.25) is 0 Å². The molecule has 0 radical (unpaired) electrons. The number of hydrogen-bond donors (Lipinski definition) is 1. The van der Waals surface area contributed by atoms with Crippen molar-refractivity contribution in [3.8, 4) is 5.75 Å². The molecule has 1 aliphatic rings. The topological polar surface area (TPSA) is 35.2 Å². The highest BCUT2D eigenvalue weighted by atomic mass is 16.5. The minimum absolute atomic E-state index is 0.185. The molecule has 1 aliphatic carbocycles. The van der Waals surface area contributed by atoms with Crippen LogP contribution in [0.1, 0.15) is 65.4 Å². The van der Waals surface area contributed by atoms with Crippen molar-refractivity contribution in [3.05, 3.63) is 29.8 Å². The van der Waals surface area contributed by atoms with Crippen molar-refractivity contribution < 1.29 is 4.74 Å². The summed E-state index contributed by atoms with van der Waals surface area (Å²) in [7, 11) is 0. The molecule has 1 aromatic carbocycles. The van der Waals surface area contributed by atoms with Gasteiger partial charge in [0.1, 0.15) is 5.75 Å². The second-order valence-electron chi connectivity index (χ2n) is 7.41. The molecule has 118 valence electrons. The first-order valence-electron chi connectivity index (χ1n) is 8.46. The molecule has 1 fully saturated rings. The molecule has 2 atom stereocenters. The van der Waals surface area contributed by atoms with E-state index in [2.05, 4.69) is 45.9 Å². The summed E-state index contributed by atoms with van der Waals surface area (Å²) in [6.45, 7) is 8.76. The van der Waals surface area contributed by atoms with Crippen LogP contribution in [0.3, 0.4) is 0 Å². The third-order valence-electron chi connectivity index (χ3n) is 4.48. The third-order valence-corrected chi connectivity index (χ3v) is 4.48. The lowest BCUT2D eigenvalue weighted by Gasteiger charge is -2.40. The summed E-state index contributed by atoms with van der Waals surface area (Å²) in [5, 5.41) is 0. The molecule has 0 amide bonds. The van der Waals surface area contributed by atoms with Crippen LogP contribution in [-0.4, -0.2) is 6.10 Å². The van der Waals surface area contributed by atoms with Gasteiger partial charge in [0, 0.05) is 11.1 Å². The zero-order valence-corrected chi connectivity index (χ0v) is 14.1. The van der Waals surface area contributed by atoms with Crippen molar-refractivity contribution in [2.24, 2.45) is 17.6 Å². The van der Waals surface area contributed by atoms with E-state index >= 15 is 0 Å². The van der Waals surface area contributed by atoms with Crippen molar-refractivity contribution in [1.82, 2.24) is 0 Å². The summed E-state index contributed by atoms with van der Waals surface area (Å²) in [6.07, 6.45) is 6.18. The Balaban J connectivity index is 2.22. The average molecular weight is 289 g/mol. The molecule has 1 aromatic rings. The number of rotatable bonds is 5. The number of ether oxygens (including phenoxy) is 1. The van der Waals surface area contributed by atoms with Gasteiger partial charge in [-0.15, -0.1) is 0 Å². The third kappa shape index (κ3) is 4.23. The van der Waals surface area contributed by atoms with Crippen molar-refractivity contribution in [3.63, 3.8) is 0 Å².